The average molecular weight is 400 g/mol. The van der Waals surface area contributed by atoms with Crippen LogP contribution in [0.2, 0.25) is 0 Å². The maximum atomic E-state index is 12.6. The molecule has 1 saturated carbocycles. The molecular formula is C27H29NO2. The molecule has 0 unspecified atom stereocenters. The Morgan fingerprint density at radius 3 is 2.47 bits per heavy atom. The molecule has 4 rings (SSSR count). The summed E-state index contributed by atoms with van der Waals surface area (Å²) in [6, 6.07) is 23.8. The highest BCUT2D eigenvalue weighted by Crippen LogP contribution is 2.30. The number of hydrogen-bond donors (Lipinski definition) is 1. The van der Waals surface area contributed by atoms with E-state index in [-0.39, 0.29) is 5.91 Å². The zero-order valence-electron chi connectivity index (χ0n) is 17.6. The molecule has 3 heteroatoms. The minimum absolute atomic E-state index is 0.0279. The Bertz CT molecular complexity index is 991. The number of aryl methyl sites for hydroxylation is 1. The molecule has 0 atom stereocenters. The smallest absolute Gasteiger partial charge is 0.251 e. The van der Waals surface area contributed by atoms with Crippen LogP contribution >= 0.6 is 0 Å². The summed E-state index contributed by atoms with van der Waals surface area (Å²) in [5, 5.41) is 3.10. The highest BCUT2D eigenvalue weighted by Gasteiger charge is 2.15. The normalized spacial score (nSPS) is 14.3. The lowest BCUT2D eigenvalue weighted by Gasteiger charge is -2.21. The molecule has 3 aromatic rings. The van der Waals surface area contributed by atoms with Crippen LogP contribution in [0.1, 0.15) is 48.0 Å². The third-order valence-corrected chi connectivity index (χ3v) is 5.90. The van der Waals surface area contributed by atoms with Crippen LogP contribution < -0.4 is 10.1 Å². The zero-order chi connectivity index (χ0) is 20.8. The van der Waals surface area contributed by atoms with Gasteiger partial charge in [0.25, 0.3) is 5.91 Å². The van der Waals surface area contributed by atoms with E-state index in [0.717, 1.165) is 23.4 Å². The molecule has 1 amide bonds. The fourth-order valence-corrected chi connectivity index (χ4v) is 4.16. The Kier molecular flexibility index (Phi) is 6.48. The van der Waals surface area contributed by atoms with Gasteiger partial charge in [-0.1, -0.05) is 61.7 Å². The van der Waals surface area contributed by atoms with E-state index in [9.17, 15) is 4.79 Å². The fraction of sp³-hybridized carbons (Fsp3) is 0.296. The van der Waals surface area contributed by atoms with E-state index in [1.165, 1.54) is 37.7 Å². The van der Waals surface area contributed by atoms with E-state index in [4.69, 9.17) is 4.74 Å². The monoisotopic (exact) mass is 399 g/mol. The van der Waals surface area contributed by atoms with Gasteiger partial charge in [-0.3, -0.25) is 4.79 Å². The molecule has 1 aliphatic rings. The Balaban J connectivity index is 1.45. The van der Waals surface area contributed by atoms with Gasteiger partial charge in [0.05, 0.1) is 0 Å². The van der Waals surface area contributed by atoms with Gasteiger partial charge in [0.1, 0.15) is 11.5 Å². The Hall–Kier alpha value is -3.07. The number of benzene rings is 3. The summed E-state index contributed by atoms with van der Waals surface area (Å²) >= 11 is 0. The van der Waals surface area contributed by atoms with E-state index in [1.54, 1.807) is 0 Å². The number of rotatable bonds is 6. The van der Waals surface area contributed by atoms with Crippen molar-refractivity contribution < 1.29 is 9.53 Å². The lowest BCUT2D eigenvalue weighted by atomic mass is 9.89. The van der Waals surface area contributed by atoms with Crippen molar-refractivity contribution in [3.63, 3.8) is 0 Å². The predicted molar refractivity (Wildman–Crippen MR) is 122 cm³/mol. The van der Waals surface area contributed by atoms with Crippen LogP contribution in [0.25, 0.3) is 11.1 Å². The summed E-state index contributed by atoms with van der Waals surface area (Å²) < 4.78 is 6.10. The van der Waals surface area contributed by atoms with Gasteiger partial charge in [0.15, 0.2) is 0 Å². The predicted octanol–water partition coefficient (Wildman–Crippen LogP) is 6.76. The maximum Gasteiger partial charge on any atom is 0.251 e. The van der Waals surface area contributed by atoms with E-state index < -0.39 is 0 Å². The van der Waals surface area contributed by atoms with Gasteiger partial charge in [0.2, 0.25) is 0 Å². The number of nitrogens with one attached hydrogen (secondary N) is 1. The number of hydrogen-bond acceptors (Lipinski definition) is 2. The first-order chi connectivity index (χ1) is 14.7. The van der Waals surface area contributed by atoms with Gasteiger partial charge in [-0.05, 0) is 72.7 Å². The summed E-state index contributed by atoms with van der Waals surface area (Å²) in [6.45, 7) is 2.87. The molecule has 1 fully saturated rings. The molecule has 30 heavy (non-hydrogen) atoms. The van der Waals surface area contributed by atoms with Gasteiger partial charge in [-0.25, -0.2) is 0 Å². The standard InChI is InChI=1S/C27H29NO2/c1-20-15-16-25(18-26(20)22-11-6-3-7-12-22)30-24-14-8-13-23(17-24)27(29)28-19-21-9-4-2-5-10-21/h3,6-8,11-18,21H,2,4-5,9-10,19H2,1H3,(H,28,29). The van der Waals surface area contributed by atoms with Crippen molar-refractivity contribution in [1.82, 2.24) is 5.32 Å². The third-order valence-electron chi connectivity index (χ3n) is 5.90. The minimum atomic E-state index is -0.0279. The van der Waals surface area contributed by atoms with Gasteiger partial charge >= 0.3 is 0 Å². The van der Waals surface area contributed by atoms with E-state index >= 15 is 0 Å². The average Bonchev–Trinajstić information content (AvgIpc) is 2.80. The minimum Gasteiger partial charge on any atom is -0.457 e. The summed E-state index contributed by atoms with van der Waals surface area (Å²) in [5.74, 6) is 2.02. The Morgan fingerprint density at radius 2 is 1.67 bits per heavy atom. The lowest BCUT2D eigenvalue weighted by Crippen LogP contribution is -2.30. The molecular weight excluding hydrogens is 370 g/mol. The summed E-state index contributed by atoms with van der Waals surface area (Å²) in [6.07, 6.45) is 6.34. The van der Waals surface area contributed by atoms with Gasteiger partial charge < -0.3 is 10.1 Å². The van der Waals surface area contributed by atoms with Gasteiger partial charge in [0, 0.05) is 12.1 Å². The van der Waals surface area contributed by atoms with Crippen LogP contribution in [0.15, 0.2) is 72.8 Å². The largest absolute Gasteiger partial charge is 0.457 e. The van der Waals surface area contributed by atoms with Crippen LogP contribution in [0.4, 0.5) is 0 Å². The molecule has 0 spiro atoms. The number of carbonyl (C=O) groups is 1. The Morgan fingerprint density at radius 1 is 0.900 bits per heavy atom. The molecule has 1 N–H and O–H groups in total. The molecule has 154 valence electrons. The van der Waals surface area contributed by atoms with Crippen LogP contribution in [0, 0.1) is 12.8 Å². The molecule has 0 aliphatic heterocycles. The quantitative estimate of drug-likeness (QED) is 0.497. The summed E-state index contributed by atoms with van der Waals surface area (Å²) in [7, 11) is 0. The second-order valence-electron chi connectivity index (χ2n) is 8.19. The van der Waals surface area contributed by atoms with Crippen LogP contribution in [0.3, 0.4) is 0 Å². The van der Waals surface area contributed by atoms with Crippen molar-refractivity contribution in [2.75, 3.05) is 6.54 Å². The highest BCUT2D eigenvalue weighted by molar-refractivity contribution is 5.94. The third kappa shape index (κ3) is 5.10. The van der Waals surface area contributed by atoms with Crippen LogP contribution in [0.5, 0.6) is 11.5 Å². The SMILES string of the molecule is Cc1ccc(Oc2cccc(C(=O)NCC3CCCCC3)c2)cc1-c1ccccc1. The second kappa shape index (κ2) is 9.62. The topological polar surface area (TPSA) is 38.3 Å². The number of amides is 1. The van der Waals surface area contributed by atoms with Gasteiger partial charge in [-0.15, -0.1) is 0 Å². The molecule has 0 bridgehead atoms. The molecule has 1 aliphatic carbocycles. The molecule has 3 nitrogen and oxygen atoms in total. The van der Waals surface area contributed by atoms with Crippen molar-refractivity contribution >= 4 is 5.91 Å². The fourth-order valence-electron chi connectivity index (χ4n) is 4.16. The first kappa shape index (κ1) is 20.2. The maximum absolute atomic E-state index is 12.6. The Labute approximate surface area is 179 Å². The van der Waals surface area contributed by atoms with Crippen molar-refractivity contribution in [1.29, 1.82) is 0 Å². The van der Waals surface area contributed by atoms with Crippen LogP contribution in [-0.4, -0.2) is 12.5 Å². The van der Waals surface area contributed by atoms with Crippen molar-refractivity contribution in [2.45, 2.75) is 39.0 Å². The summed E-state index contributed by atoms with van der Waals surface area (Å²) in [4.78, 5) is 12.6. The molecule has 0 saturated heterocycles. The molecule has 3 aromatic carbocycles. The highest BCUT2D eigenvalue weighted by atomic mass is 16.5. The second-order valence-corrected chi connectivity index (χ2v) is 8.19. The first-order valence-electron chi connectivity index (χ1n) is 10.9. The van der Waals surface area contributed by atoms with Crippen molar-refractivity contribution in [3.8, 4) is 22.6 Å². The van der Waals surface area contributed by atoms with Crippen molar-refractivity contribution in [3.05, 3.63) is 83.9 Å². The van der Waals surface area contributed by atoms with Crippen LogP contribution in [-0.2, 0) is 0 Å². The van der Waals surface area contributed by atoms with E-state index in [2.05, 4.69) is 36.5 Å². The number of ether oxygens (including phenoxy) is 1. The first-order valence-corrected chi connectivity index (χ1v) is 10.9. The number of carbonyl (C=O) groups excluding carboxylic acids is 1. The van der Waals surface area contributed by atoms with Crippen molar-refractivity contribution in [2.24, 2.45) is 5.92 Å². The van der Waals surface area contributed by atoms with Gasteiger partial charge in [-0.2, -0.15) is 0 Å². The van der Waals surface area contributed by atoms with E-state index in [0.29, 0.717) is 17.2 Å². The molecule has 0 aromatic heterocycles. The van der Waals surface area contributed by atoms with E-state index in [1.807, 2.05) is 48.5 Å². The summed E-state index contributed by atoms with van der Waals surface area (Å²) in [5.41, 5.74) is 4.15. The lowest BCUT2D eigenvalue weighted by molar-refractivity contribution is 0.0943. The molecule has 0 heterocycles. The molecule has 0 radical (unpaired) electrons. The zero-order valence-corrected chi connectivity index (χ0v) is 17.6.